The zero-order valence-electron chi connectivity index (χ0n) is 40.8. The standard InChI is InChI=1S/C23H41NO2S2Si.C16H29NOSi.C7H14O2S2/c1-11-18-14-19(17-26-29(9,10)22(2,3)4)16-20(15-18)24(7)21(25)12-13-23(5,6)28-27-8;1-8-13-9-14(11-15(10-13)17-5)12-18-19(6,7)16(2,3)4;1-7(2,11(3)10)5-4-6(8)9/h14-16H,11-13,17H2,1-10H3;9-11,17H,8,12H2,1-7H3;4-5H2,1-3H3,(H,8,9). The second-order valence-corrected chi connectivity index (χ2v) is 35.9. The second kappa shape index (κ2) is 25.2. The van der Waals surface area contributed by atoms with Gasteiger partial charge in [0.2, 0.25) is 5.91 Å². The topological polar surface area (TPSA) is 88.1 Å². The number of nitrogens with zero attached hydrogens (tertiary/aromatic N) is 1. The molecular weight excluding hydrogens is 845 g/mol. The number of hydrogen-bond donors (Lipinski definition) is 2. The maximum absolute atomic E-state index is 12.8. The van der Waals surface area contributed by atoms with E-state index in [2.05, 4.69) is 143 Å². The highest BCUT2D eigenvalue weighted by Gasteiger charge is 2.38. The summed E-state index contributed by atoms with van der Waals surface area (Å²) in [6.45, 7) is 36.9. The molecule has 0 aliphatic heterocycles. The number of carbonyl (C=O) groups excluding carboxylic acids is 1. The van der Waals surface area contributed by atoms with Crippen LogP contribution in [0.5, 0.6) is 0 Å². The van der Waals surface area contributed by atoms with E-state index in [1.807, 2.05) is 49.9 Å². The molecule has 1 unspecified atom stereocenters. The summed E-state index contributed by atoms with van der Waals surface area (Å²) in [5.74, 6) is -0.567. The summed E-state index contributed by atoms with van der Waals surface area (Å²) >= 11 is 5.10. The smallest absolute Gasteiger partial charge is 0.303 e. The average Bonchev–Trinajstić information content (AvgIpc) is 3.13. The number of carboxylic acids is 1. The van der Waals surface area contributed by atoms with E-state index in [0.717, 1.165) is 37.1 Å². The molecule has 0 aromatic heterocycles. The number of anilines is 2. The fourth-order valence-electron chi connectivity index (χ4n) is 4.92. The van der Waals surface area contributed by atoms with Crippen LogP contribution in [0, 0.1) is 0 Å². The van der Waals surface area contributed by atoms with Gasteiger partial charge < -0.3 is 24.2 Å². The van der Waals surface area contributed by atoms with Crippen molar-refractivity contribution in [3.05, 3.63) is 58.7 Å². The van der Waals surface area contributed by atoms with E-state index in [1.54, 1.807) is 10.8 Å². The summed E-state index contributed by atoms with van der Waals surface area (Å²) in [5.41, 5.74) is 7.18. The summed E-state index contributed by atoms with van der Waals surface area (Å²) in [5, 5.41) is 12.1. The van der Waals surface area contributed by atoms with Crippen molar-refractivity contribution in [2.45, 2.75) is 181 Å². The lowest BCUT2D eigenvalue weighted by atomic mass is 10.0. The van der Waals surface area contributed by atoms with Gasteiger partial charge in [-0.25, -0.2) is 0 Å². The van der Waals surface area contributed by atoms with Crippen LogP contribution in [0.3, 0.4) is 0 Å². The molecule has 59 heavy (non-hydrogen) atoms. The van der Waals surface area contributed by atoms with E-state index in [-0.39, 0.29) is 41.4 Å². The Balaban J connectivity index is 0.000000957. The number of hydrogen-bond acceptors (Lipinski definition) is 8. The first kappa shape index (κ1) is 57.8. The molecule has 1 atom stereocenters. The zero-order valence-corrected chi connectivity index (χ0v) is 46.0. The van der Waals surface area contributed by atoms with Crippen LogP contribution in [0.15, 0.2) is 36.4 Å². The molecule has 0 radical (unpaired) electrons. The molecule has 1 amide bonds. The molecule has 0 spiro atoms. The first-order valence-corrected chi connectivity index (χ1v) is 32.0. The van der Waals surface area contributed by atoms with E-state index < -0.39 is 22.6 Å². The highest BCUT2D eigenvalue weighted by Crippen LogP contribution is 2.39. The van der Waals surface area contributed by atoms with Gasteiger partial charge in [0.1, 0.15) is 0 Å². The third kappa shape index (κ3) is 21.6. The van der Waals surface area contributed by atoms with E-state index in [1.165, 1.54) is 22.4 Å². The van der Waals surface area contributed by atoms with Crippen molar-refractivity contribution < 1.29 is 23.5 Å². The van der Waals surface area contributed by atoms with Gasteiger partial charge in [-0.1, -0.05) is 114 Å². The number of rotatable bonds is 19. The van der Waals surface area contributed by atoms with Crippen LogP contribution in [-0.4, -0.2) is 69.7 Å². The summed E-state index contributed by atoms with van der Waals surface area (Å²) < 4.78 is 12.8. The van der Waals surface area contributed by atoms with Crippen molar-refractivity contribution in [2.24, 2.45) is 0 Å². The third-order valence-electron chi connectivity index (χ3n) is 11.7. The Morgan fingerprint density at radius 2 is 1.19 bits per heavy atom. The molecule has 0 aliphatic rings. The molecule has 2 rings (SSSR count). The average molecular weight is 930 g/mol. The minimum Gasteiger partial charge on any atom is -0.481 e. The van der Waals surface area contributed by atoms with Gasteiger partial charge >= 0.3 is 5.97 Å². The van der Waals surface area contributed by atoms with Gasteiger partial charge in [0.25, 0.3) is 0 Å². The Morgan fingerprint density at radius 3 is 1.58 bits per heavy atom. The van der Waals surface area contributed by atoms with Gasteiger partial charge in [0.15, 0.2) is 16.6 Å². The van der Waals surface area contributed by atoms with Crippen LogP contribution in [0.25, 0.3) is 0 Å². The number of carboxylic acid groups (broad SMARTS) is 1. The highest BCUT2D eigenvalue weighted by atomic mass is 33.1. The van der Waals surface area contributed by atoms with Crippen LogP contribution in [0.4, 0.5) is 11.4 Å². The van der Waals surface area contributed by atoms with Crippen molar-refractivity contribution in [2.75, 3.05) is 36.8 Å². The molecule has 0 saturated carbocycles. The zero-order chi connectivity index (χ0) is 46.2. The van der Waals surface area contributed by atoms with Gasteiger partial charge in [-0.05, 0) is 135 Å². The number of benzene rings is 2. The lowest BCUT2D eigenvalue weighted by Crippen LogP contribution is -2.40. The first-order valence-electron chi connectivity index (χ1n) is 21.0. The Labute approximate surface area is 379 Å². The Bertz CT molecular complexity index is 1610. The fraction of sp³-hybridized carbons (Fsp3) is 0.696. The third-order valence-corrected chi connectivity index (χ3v) is 26.5. The lowest BCUT2D eigenvalue weighted by molar-refractivity contribution is -0.137. The number of carbonyl (C=O) groups is 2. The van der Waals surface area contributed by atoms with E-state index >= 15 is 0 Å². The van der Waals surface area contributed by atoms with Gasteiger partial charge in [-0.15, -0.1) is 9.45 Å². The minimum atomic E-state index is -1.81. The molecule has 0 saturated heterocycles. The van der Waals surface area contributed by atoms with Crippen LogP contribution < -0.4 is 10.2 Å². The predicted octanol–water partition coefficient (Wildman–Crippen LogP) is 13.5. The molecular formula is C46H84N2O5S4Si2. The molecule has 0 bridgehead atoms. The van der Waals surface area contributed by atoms with Crippen LogP contribution >= 0.6 is 21.6 Å². The van der Waals surface area contributed by atoms with Crippen molar-refractivity contribution >= 4 is 82.1 Å². The van der Waals surface area contributed by atoms with E-state index in [9.17, 15) is 9.59 Å². The molecule has 0 fully saturated rings. The predicted molar refractivity (Wildman–Crippen MR) is 275 cm³/mol. The molecule has 2 aromatic carbocycles. The second-order valence-electron chi connectivity index (χ2n) is 19.7. The van der Waals surface area contributed by atoms with Gasteiger partial charge in [0.05, 0.1) is 13.2 Å². The van der Waals surface area contributed by atoms with Crippen LogP contribution in [0.1, 0.15) is 131 Å². The monoisotopic (exact) mass is 928 g/mol. The lowest BCUT2D eigenvalue weighted by Gasteiger charge is -2.36. The molecule has 0 heterocycles. The molecule has 340 valence electrons. The number of aryl methyl sites for hydroxylation is 2. The summed E-state index contributed by atoms with van der Waals surface area (Å²) in [4.78, 5) is 24.9. The molecule has 0 aliphatic carbocycles. The first-order chi connectivity index (χ1) is 26.8. The molecule has 13 heteroatoms. The number of aliphatic carboxylic acids is 1. The molecule has 2 N–H and O–H groups in total. The van der Waals surface area contributed by atoms with Crippen molar-refractivity contribution in [3.8, 4) is 0 Å². The van der Waals surface area contributed by atoms with Crippen molar-refractivity contribution in [3.63, 3.8) is 0 Å². The largest absolute Gasteiger partial charge is 0.481 e. The van der Waals surface area contributed by atoms with E-state index in [0.29, 0.717) is 19.4 Å². The van der Waals surface area contributed by atoms with Crippen molar-refractivity contribution in [1.29, 1.82) is 0 Å². The van der Waals surface area contributed by atoms with E-state index in [4.69, 9.17) is 25.1 Å². The Kier molecular flexibility index (Phi) is 24.7. The molecule has 7 nitrogen and oxygen atoms in total. The number of amides is 1. The maximum Gasteiger partial charge on any atom is 0.303 e. The minimum absolute atomic E-state index is 0.00623. The molecule has 2 aromatic rings. The van der Waals surface area contributed by atoms with Gasteiger partial charge in [0, 0.05) is 47.8 Å². The van der Waals surface area contributed by atoms with Crippen molar-refractivity contribution in [1.82, 2.24) is 0 Å². The maximum atomic E-state index is 12.8. The van der Waals surface area contributed by atoms with Gasteiger partial charge in [-0.3, -0.25) is 9.59 Å². The summed E-state index contributed by atoms with van der Waals surface area (Å²) in [7, 11) is 3.86. The fourth-order valence-corrected chi connectivity index (χ4v) is 9.72. The SMILES string of the molecule is CCc1cc(CO[Si](C)(C)C(C)(C)C)cc(N(C)C(=O)CCC(C)(C)SSC)c1.CCc1cc(CO[Si](C)(C)C(C)(C)C)cc(NC)c1.CS(=S)C(C)(C)CCC(=O)O. The Hall–Kier alpha value is -1.20. The summed E-state index contributed by atoms with van der Waals surface area (Å²) in [6.07, 6.45) is 8.39. The summed E-state index contributed by atoms with van der Waals surface area (Å²) in [6, 6.07) is 13.1. The quantitative estimate of drug-likeness (QED) is 0.106. The normalized spacial score (nSPS) is 13.1. The van der Waals surface area contributed by atoms with Gasteiger partial charge in [-0.2, -0.15) is 0 Å². The van der Waals surface area contributed by atoms with Crippen LogP contribution in [0.2, 0.25) is 36.3 Å². The van der Waals surface area contributed by atoms with Crippen LogP contribution in [-0.2, 0) is 65.1 Å². The number of nitrogens with one attached hydrogen (secondary N) is 1. The Morgan fingerprint density at radius 1 is 0.763 bits per heavy atom. The highest BCUT2D eigenvalue weighted by molar-refractivity contribution is 8.76.